The Morgan fingerprint density at radius 2 is 1.57 bits per heavy atom. The molecule has 1 aliphatic heterocycles. The van der Waals surface area contributed by atoms with Crippen LogP contribution in [0, 0.1) is 13.8 Å². The van der Waals surface area contributed by atoms with Crippen molar-refractivity contribution < 1.29 is 14.4 Å². The third-order valence-corrected chi connectivity index (χ3v) is 3.80. The molecule has 0 aliphatic carbocycles. The van der Waals surface area contributed by atoms with E-state index < -0.39 is 0 Å². The molecule has 5 nitrogen and oxygen atoms in total. The monoisotopic (exact) mass is 308 g/mol. The van der Waals surface area contributed by atoms with Gasteiger partial charge in [0.15, 0.2) is 0 Å². The lowest BCUT2D eigenvalue weighted by Crippen LogP contribution is -2.30. The Hall–Kier alpha value is -2.95. The number of nitrogens with zero attached hydrogens (tertiary/aromatic N) is 1. The first-order valence-electron chi connectivity index (χ1n) is 7.27. The molecular formula is C18H16N2O3. The molecule has 0 saturated heterocycles. The molecule has 0 spiro atoms. The van der Waals surface area contributed by atoms with E-state index in [-0.39, 0.29) is 17.7 Å². The maximum absolute atomic E-state index is 12.7. The normalized spacial score (nSPS) is 13.3. The number of benzene rings is 2. The van der Waals surface area contributed by atoms with Crippen molar-refractivity contribution in [2.24, 2.45) is 0 Å². The van der Waals surface area contributed by atoms with Gasteiger partial charge < -0.3 is 5.32 Å². The van der Waals surface area contributed by atoms with Crippen LogP contribution in [0.4, 0.5) is 11.4 Å². The highest BCUT2D eigenvalue weighted by molar-refractivity contribution is 6.35. The number of hydrogen-bond acceptors (Lipinski definition) is 3. The third kappa shape index (κ3) is 2.40. The molecule has 0 saturated carbocycles. The highest BCUT2D eigenvalue weighted by Gasteiger charge is 2.37. The molecular weight excluding hydrogens is 292 g/mol. The van der Waals surface area contributed by atoms with Crippen molar-refractivity contribution in [2.75, 3.05) is 10.2 Å². The van der Waals surface area contributed by atoms with Gasteiger partial charge in [-0.3, -0.25) is 14.4 Å². The molecule has 0 fully saturated rings. The predicted molar refractivity (Wildman–Crippen MR) is 87.8 cm³/mol. The fourth-order valence-corrected chi connectivity index (χ4v) is 2.87. The Labute approximate surface area is 133 Å². The average Bonchev–Trinajstić information content (AvgIpc) is 2.74. The summed E-state index contributed by atoms with van der Waals surface area (Å²) in [5, 5.41) is 2.73. The molecule has 0 aromatic heterocycles. The smallest absolute Gasteiger partial charge is 0.266 e. The molecule has 3 rings (SSSR count). The Morgan fingerprint density at radius 1 is 1.00 bits per heavy atom. The van der Waals surface area contributed by atoms with Crippen LogP contribution in [0.5, 0.6) is 0 Å². The molecule has 0 bridgehead atoms. The van der Waals surface area contributed by atoms with Crippen LogP contribution in [0.1, 0.15) is 38.8 Å². The zero-order valence-corrected chi connectivity index (χ0v) is 13.1. The minimum atomic E-state index is -0.373. The summed E-state index contributed by atoms with van der Waals surface area (Å²) in [5.41, 5.74) is 3.35. The first-order valence-corrected chi connectivity index (χ1v) is 7.27. The summed E-state index contributed by atoms with van der Waals surface area (Å²) in [5.74, 6) is -1.00. The number of anilines is 2. The number of hydrogen-bond donors (Lipinski definition) is 1. The molecule has 2 aromatic carbocycles. The van der Waals surface area contributed by atoms with E-state index in [1.54, 1.807) is 30.3 Å². The van der Waals surface area contributed by atoms with Gasteiger partial charge in [0, 0.05) is 6.92 Å². The predicted octanol–water partition coefficient (Wildman–Crippen LogP) is 3.06. The Balaban J connectivity index is 2.18. The minimum absolute atomic E-state index is 0.255. The minimum Gasteiger partial charge on any atom is -0.324 e. The highest BCUT2D eigenvalue weighted by Crippen LogP contribution is 2.36. The van der Waals surface area contributed by atoms with Crippen LogP contribution >= 0.6 is 0 Å². The van der Waals surface area contributed by atoms with Crippen LogP contribution < -0.4 is 10.2 Å². The molecule has 0 unspecified atom stereocenters. The maximum atomic E-state index is 12.7. The van der Waals surface area contributed by atoms with Crippen molar-refractivity contribution >= 4 is 29.1 Å². The van der Waals surface area contributed by atoms with Crippen molar-refractivity contribution in [2.45, 2.75) is 20.8 Å². The fourth-order valence-electron chi connectivity index (χ4n) is 2.87. The van der Waals surface area contributed by atoms with Crippen LogP contribution in [-0.4, -0.2) is 17.7 Å². The highest BCUT2D eigenvalue weighted by atomic mass is 16.2. The zero-order chi connectivity index (χ0) is 16.7. The second-order valence-corrected chi connectivity index (χ2v) is 5.65. The van der Waals surface area contributed by atoms with Crippen LogP contribution in [0.25, 0.3) is 0 Å². The molecule has 116 valence electrons. The van der Waals surface area contributed by atoms with Crippen molar-refractivity contribution in [1.29, 1.82) is 0 Å². The van der Waals surface area contributed by atoms with Gasteiger partial charge in [-0.25, -0.2) is 4.90 Å². The van der Waals surface area contributed by atoms with Crippen molar-refractivity contribution in [3.8, 4) is 0 Å². The summed E-state index contributed by atoms with van der Waals surface area (Å²) in [6.07, 6.45) is 0. The van der Waals surface area contributed by atoms with Gasteiger partial charge in [-0.2, -0.15) is 0 Å². The van der Waals surface area contributed by atoms with E-state index in [2.05, 4.69) is 5.32 Å². The van der Waals surface area contributed by atoms with E-state index in [4.69, 9.17) is 0 Å². The lowest BCUT2D eigenvalue weighted by atomic mass is 10.1. The molecule has 1 N–H and O–H groups in total. The maximum Gasteiger partial charge on any atom is 0.266 e. The van der Waals surface area contributed by atoms with E-state index in [0.29, 0.717) is 22.5 Å². The second kappa shape index (κ2) is 5.35. The summed E-state index contributed by atoms with van der Waals surface area (Å²) in [6, 6.07) is 10.4. The van der Waals surface area contributed by atoms with Crippen LogP contribution in [-0.2, 0) is 4.79 Å². The number of amides is 3. The summed E-state index contributed by atoms with van der Waals surface area (Å²) in [4.78, 5) is 38.0. The lowest BCUT2D eigenvalue weighted by Gasteiger charge is -2.21. The van der Waals surface area contributed by atoms with Gasteiger partial charge in [-0.1, -0.05) is 18.2 Å². The van der Waals surface area contributed by atoms with E-state index in [1.165, 1.54) is 6.92 Å². The molecule has 1 aliphatic rings. The molecule has 2 aromatic rings. The largest absolute Gasteiger partial charge is 0.324 e. The van der Waals surface area contributed by atoms with E-state index in [0.717, 1.165) is 16.0 Å². The third-order valence-electron chi connectivity index (χ3n) is 3.80. The number of nitrogens with one attached hydrogen (secondary N) is 1. The molecule has 3 amide bonds. The summed E-state index contributed by atoms with van der Waals surface area (Å²) < 4.78 is 0. The van der Waals surface area contributed by atoms with E-state index >= 15 is 0 Å². The van der Waals surface area contributed by atoms with Crippen molar-refractivity contribution in [1.82, 2.24) is 0 Å². The van der Waals surface area contributed by atoms with Crippen LogP contribution in [0.15, 0.2) is 36.4 Å². The zero-order valence-electron chi connectivity index (χ0n) is 13.1. The molecule has 5 heteroatoms. The summed E-state index contributed by atoms with van der Waals surface area (Å²) >= 11 is 0. The van der Waals surface area contributed by atoms with E-state index in [9.17, 15) is 14.4 Å². The standard InChI is InChI=1S/C18H16N2O3/c1-10-8-11(2)16(19-12(3)21)15(9-10)20-17(22)13-6-4-5-7-14(13)18(20)23/h4-9H,1-3H3,(H,19,21). The number of fused-ring (bicyclic) bond motifs is 1. The van der Waals surface area contributed by atoms with Gasteiger partial charge in [0.2, 0.25) is 5.91 Å². The first kappa shape index (κ1) is 15.0. The van der Waals surface area contributed by atoms with Gasteiger partial charge in [0.05, 0.1) is 22.5 Å². The summed E-state index contributed by atoms with van der Waals surface area (Å²) in [6.45, 7) is 5.11. The van der Waals surface area contributed by atoms with Gasteiger partial charge in [0.25, 0.3) is 11.8 Å². The molecule has 1 heterocycles. The molecule has 0 atom stereocenters. The summed E-state index contributed by atoms with van der Waals surface area (Å²) in [7, 11) is 0. The Kier molecular flexibility index (Phi) is 3.48. The molecule has 23 heavy (non-hydrogen) atoms. The number of rotatable bonds is 2. The Bertz CT molecular complexity index is 820. The van der Waals surface area contributed by atoms with Gasteiger partial charge in [-0.15, -0.1) is 0 Å². The molecule has 0 radical (unpaired) electrons. The Morgan fingerprint density at radius 3 is 2.09 bits per heavy atom. The number of carbonyl (C=O) groups excluding carboxylic acids is 3. The van der Waals surface area contributed by atoms with Gasteiger partial charge in [-0.05, 0) is 43.2 Å². The van der Waals surface area contributed by atoms with Gasteiger partial charge in [0.1, 0.15) is 0 Å². The topological polar surface area (TPSA) is 66.5 Å². The lowest BCUT2D eigenvalue weighted by molar-refractivity contribution is -0.114. The van der Waals surface area contributed by atoms with Crippen molar-refractivity contribution in [3.63, 3.8) is 0 Å². The number of aryl methyl sites for hydroxylation is 2. The second-order valence-electron chi connectivity index (χ2n) is 5.65. The van der Waals surface area contributed by atoms with E-state index in [1.807, 2.05) is 19.9 Å². The van der Waals surface area contributed by atoms with Crippen LogP contribution in [0.3, 0.4) is 0 Å². The first-order chi connectivity index (χ1) is 10.9. The quantitative estimate of drug-likeness (QED) is 0.867. The average molecular weight is 308 g/mol. The van der Waals surface area contributed by atoms with Gasteiger partial charge >= 0.3 is 0 Å². The number of carbonyl (C=O) groups is 3. The number of imide groups is 1. The fraction of sp³-hybridized carbons (Fsp3) is 0.167. The SMILES string of the molecule is CC(=O)Nc1c(C)cc(C)cc1N1C(=O)c2ccccc2C1=O. The van der Waals surface area contributed by atoms with Crippen LogP contribution in [0.2, 0.25) is 0 Å². The van der Waals surface area contributed by atoms with Crippen molar-refractivity contribution in [3.05, 3.63) is 58.7 Å².